The number of pyridine rings is 1. The first-order chi connectivity index (χ1) is 14.6. The Bertz CT molecular complexity index is 1060. The summed E-state index contributed by atoms with van der Waals surface area (Å²) in [6.45, 7) is 0. The summed E-state index contributed by atoms with van der Waals surface area (Å²) >= 11 is 18.6. The predicted molar refractivity (Wildman–Crippen MR) is 125 cm³/mol. The third-order valence-corrected chi connectivity index (χ3v) is 6.97. The molecule has 0 radical (unpaired) electrons. The molecule has 3 heterocycles. The molecule has 1 aliphatic carbocycles. The molecule has 154 valence electrons. The first-order valence-corrected chi connectivity index (χ1v) is 11.4. The number of nitrogens with zero attached hydrogens (tertiary/aromatic N) is 3. The van der Waals surface area contributed by atoms with Crippen LogP contribution >= 0.6 is 35.4 Å². The van der Waals surface area contributed by atoms with E-state index in [9.17, 15) is 0 Å². The van der Waals surface area contributed by atoms with Crippen LogP contribution in [0.1, 0.15) is 49.2 Å². The van der Waals surface area contributed by atoms with Crippen LogP contribution in [-0.2, 0) is 0 Å². The Hall–Kier alpha value is -2.08. The summed E-state index contributed by atoms with van der Waals surface area (Å²) in [5.41, 5.74) is 3.03. The molecule has 4 nitrogen and oxygen atoms in total. The minimum atomic E-state index is -0.0287. The van der Waals surface area contributed by atoms with E-state index in [1.165, 1.54) is 12.8 Å². The van der Waals surface area contributed by atoms with Crippen molar-refractivity contribution in [3.05, 3.63) is 82.4 Å². The molecular formula is C23H22Cl2N4S. The van der Waals surface area contributed by atoms with Crippen LogP contribution < -0.4 is 5.32 Å². The maximum atomic E-state index is 6.57. The molecule has 0 bridgehead atoms. The van der Waals surface area contributed by atoms with Gasteiger partial charge in [0.05, 0.1) is 28.5 Å². The molecule has 2 aromatic heterocycles. The van der Waals surface area contributed by atoms with Crippen LogP contribution in [0.15, 0.2) is 60.9 Å². The molecule has 0 unspecified atom stereocenters. The summed E-state index contributed by atoms with van der Waals surface area (Å²) in [5.74, 6) is 0. The number of thiocarbonyl (C=S) groups is 1. The van der Waals surface area contributed by atoms with E-state index in [1.807, 2.05) is 36.7 Å². The maximum absolute atomic E-state index is 6.57. The summed E-state index contributed by atoms with van der Waals surface area (Å²) in [4.78, 5) is 7.05. The van der Waals surface area contributed by atoms with Crippen LogP contribution in [0.4, 0.5) is 0 Å². The number of halogens is 2. The molecule has 1 aromatic carbocycles. The van der Waals surface area contributed by atoms with Crippen LogP contribution in [0.25, 0.3) is 5.69 Å². The van der Waals surface area contributed by atoms with Gasteiger partial charge in [0.1, 0.15) is 0 Å². The standard InChI is InChI=1S/C23H22Cl2N4S/c24-15-10-11-19(17(25)14-15)28-13-5-9-20(28)22-21(18-8-3-4-12-26-18)27-23(30)29(22)16-6-1-2-7-16/h3-5,8-14,16,21-22H,1-2,6-7H2,(H,27,30)/t21-,22+/m0/s1. The highest BCUT2D eigenvalue weighted by Crippen LogP contribution is 2.43. The van der Waals surface area contributed by atoms with Crippen LogP contribution in [0.3, 0.4) is 0 Å². The molecule has 1 aliphatic heterocycles. The van der Waals surface area contributed by atoms with E-state index in [-0.39, 0.29) is 12.1 Å². The number of rotatable bonds is 4. The van der Waals surface area contributed by atoms with E-state index in [0.717, 1.165) is 35.0 Å². The van der Waals surface area contributed by atoms with Gasteiger partial charge in [-0.3, -0.25) is 4.98 Å². The Balaban J connectivity index is 1.63. The Labute approximate surface area is 191 Å². The van der Waals surface area contributed by atoms with Gasteiger partial charge in [-0.1, -0.05) is 42.1 Å². The lowest BCUT2D eigenvalue weighted by atomic mass is 9.99. The van der Waals surface area contributed by atoms with Crippen molar-refractivity contribution in [3.63, 3.8) is 0 Å². The van der Waals surface area contributed by atoms with Crippen molar-refractivity contribution in [1.29, 1.82) is 0 Å². The maximum Gasteiger partial charge on any atom is 0.170 e. The van der Waals surface area contributed by atoms with Crippen molar-refractivity contribution in [2.45, 2.75) is 43.8 Å². The zero-order valence-electron chi connectivity index (χ0n) is 16.3. The molecule has 2 fully saturated rings. The fraction of sp³-hybridized carbons (Fsp3) is 0.304. The van der Waals surface area contributed by atoms with Crippen LogP contribution in [0.5, 0.6) is 0 Å². The van der Waals surface area contributed by atoms with Crippen molar-refractivity contribution in [3.8, 4) is 5.69 Å². The second-order valence-corrected chi connectivity index (χ2v) is 9.10. The van der Waals surface area contributed by atoms with E-state index >= 15 is 0 Å². The molecule has 5 rings (SSSR count). The van der Waals surface area contributed by atoms with Crippen molar-refractivity contribution >= 4 is 40.5 Å². The lowest BCUT2D eigenvalue weighted by Crippen LogP contribution is -2.38. The van der Waals surface area contributed by atoms with Gasteiger partial charge in [0.2, 0.25) is 0 Å². The Morgan fingerprint density at radius 2 is 1.87 bits per heavy atom. The molecule has 0 amide bonds. The van der Waals surface area contributed by atoms with Gasteiger partial charge in [-0.15, -0.1) is 0 Å². The van der Waals surface area contributed by atoms with Crippen molar-refractivity contribution < 1.29 is 0 Å². The van der Waals surface area contributed by atoms with Crippen LogP contribution in [0, 0.1) is 0 Å². The SMILES string of the molecule is S=C1N[C@@H](c2ccccn2)[C@@H](c2cccn2-c2ccc(Cl)cc2Cl)N1C1CCCC1. The topological polar surface area (TPSA) is 33.1 Å². The third kappa shape index (κ3) is 3.49. The van der Waals surface area contributed by atoms with Gasteiger partial charge in [0.25, 0.3) is 0 Å². The average Bonchev–Trinajstić information content (AvgIpc) is 3.48. The highest BCUT2D eigenvalue weighted by atomic mass is 35.5. The third-order valence-electron chi connectivity index (χ3n) is 6.11. The molecule has 1 saturated carbocycles. The van der Waals surface area contributed by atoms with E-state index < -0.39 is 0 Å². The first kappa shape index (κ1) is 19.9. The number of aromatic nitrogens is 2. The predicted octanol–water partition coefficient (Wildman–Crippen LogP) is 6.09. The zero-order chi connectivity index (χ0) is 20.7. The minimum Gasteiger partial charge on any atom is -0.352 e. The van der Waals surface area contributed by atoms with Gasteiger partial charge in [0, 0.05) is 29.2 Å². The number of hydrogen-bond donors (Lipinski definition) is 1. The monoisotopic (exact) mass is 456 g/mol. The average molecular weight is 457 g/mol. The van der Waals surface area contributed by atoms with Gasteiger partial charge in [-0.05, 0) is 67.5 Å². The van der Waals surface area contributed by atoms with Gasteiger partial charge >= 0.3 is 0 Å². The van der Waals surface area contributed by atoms with Crippen molar-refractivity contribution in [2.75, 3.05) is 0 Å². The second-order valence-electron chi connectivity index (χ2n) is 7.87. The Morgan fingerprint density at radius 3 is 2.60 bits per heavy atom. The highest BCUT2D eigenvalue weighted by molar-refractivity contribution is 7.80. The lowest BCUT2D eigenvalue weighted by Gasteiger charge is -2.33. The molecule has 2 aliphatic rings. The molecule has 1 saturated heterocycles. The molecule has 1 N–H and O–H groups in total. The molecule has 3 aromatic rings. The fourth-order valence-corrected chi connectivity index (χ4v) is 5.68. The van der Waals surface area contributed by atoms with E-state index in [2.05, 4.69) is 38.0 Å². The lowest BCUT2D eigenvalue weighted by molar-refractivity contribution is 0.239. The van der Waals surface area contributed by atoms with Gasteiger partial charge in [-0.2, -0.15) is 0 Å². The first-order valence-electron chi connectivity index (χ1n) is 10.3. The van der Waals surface area contributed by atoms with Crippen molar-refractivity contribution in [2.24, 2.45) is 0 Å². The molecule has 2 atom stereocenters. The Morgan fingerprint density at radius 1 is 1.03 bits per heavy atom. The quantitative estimate of drug-likeness (QED) is 0.481. The second kappa shape index (κ2) is 8.22. The number of nitrogens with one attached hydrogen (secondary N) is 1. The molecular weight excluding hydrogens is 435 g/mol. The highest BCUT2D eigenvalue weighted by Gasteiger charge is 2.44. The number of benzene rings is 1. The zero-order valence-corrected chi connectivity index (χ0v) is 18.7. The smallest absolute Gasteiger partial charge is 0.170 e. The summed E-state index contributed by atoms with van der Waals surface area (Å²) in [6, 6.07) is 16.3. The van der Waals surface area contributed by atoms with Gasteiger partial charge in [0.15, 0.2) is 5.11 Å². The summed E-state index contributed by atoms with van der Waals surface area (Å²) in [5, 5.41) is 5.61. The van der Waals surface area contributed by atoms with Crippen LogP contribution in [-0.4, -0.2) is 25.6 Å². The molecule has 7 heteroatoms. The van der Waals surface area contributed by atoms with Crippen molar-refractivity contribution in [1.82, 2.24) is 19.8 Å². The summed E-state index contributed by atoms with van der Waals surface area (Å²) in [7, 11) is 0. The molecule has 0 spiro atoms. The largest absolute Gasteiger partial charge is 0.352 e. The van der Waals surface area contributed by atoms with E-state index in [4.69, 9.17) is 35.4 Å². The summed E-state index contributed by atoms with van der Waals surface area (Å²) in [6.07, 6.45) is 8.70. The summed E-state index contributed by atoms with van der Waals surface area (Å²) < 4.78 is 2.15. The van der Waals surface area contributed by atoms with Gasteiger partial charge in [-0.25, -0.2) is 0 Å². The minimum absolute atomic E-state index is 0.0252. The van der Waals surface area contributed by atoms with Crippen LogP contribution in [0.2, 0.25) is 10.0 Å². The Kier molecular flexibility index (Phi) is 5.44. The normalized spacial score (nSPS) is 21.9. The number of hydrogen-bond acceptors (Lipinski definition) is 2. The molecule has 30 heavy (non-hydrogen) atoms. The van der Waals surface area contributed by atoms with E-state index in [0.29, 0.717) is 16.1 Å². The fourth-order valence-electron chi connectivity index (χ4n) is 4.79. The van der Waals surface area contributed by atoms with E-state index in [1.54, 1.807) is 6.07 Å². The van der Waals surface area contributed by atoms with Gasteiger partial charge < -0.3 is 14.8 Å².